The highest BCUT2D eigenvalue weighted by Gasteiger charge is 2.51. The fourth-order valence-electron chi connectivity index (χ4n) is 3.28. The summed E-state index contributed by atoms with van der Waals surface area (Å²) in [5, 5.41) is 27.7. The number of hydrogen-bond donors (Lipinski definition) is 3. The van der Waals surface area contributed by atoms with Crippen molar-refractivity contribution in [3.8, 4) is 0 Å². The Hall–Kier alpha value is -1.50. The van der Waals surface area contributed by atoms with Gasteiger partial charge in [-0.1, -0.05) is 6.92 Å². The minimum Gasteiger partial charge on any atom is -0.465 e. The number of nitrogens with zero attached hydrogens (tertiary/aromatic N) is 2. The van der Waals surface area contributed by atoms with Gasteiger partial charge >= 0.3 is 12.2 Å². The quantitative estimate of drug-likeness (QED) is 0.669. The molecule has 2 fully saturated rings. The zero-order chi connectivity index (χ0) is 13.4. The van der Waals surface area contributed by atoms with Gasteiger partial charge in [0.1, 0.15) is 0 Å². The standard InChI is InChI=1S/C11H18N2O5/c1-6(5-14)9-8-3-2-7(13(8)11(17)18)4-12(9)10(15)16/h6-9,14H,2-5H2,1H3,(H,15,16)(H,17,18)/t6-,7+,8-,9-/m0/s1. The molecule has 7 heteroatoms. The van der Waals surface area contributed by atoms with Crippen LogP contribution in [0, 0.1) is 5.92 Å². The molecule has 2 saturated heterocycles. The van der Waals surface area contributed by atoms with E-state index in [-0.39, 0.29) is 31.2 Å². The number of aliphatic hydroxyl groups excluding tert-OH is 1. The molecule has 0 aromatic carbocycles. The fraction of sp³-hybridized carbons (Fsp3) is 0.818. The van der Waals surface area contributed by atoms with Gasteiger partial charge in [-0.05, 0) is 12.8 Å². The van der Waals surface area contributed by atoms with Crippen LogP contribution >= 0.6 is 0 Å². The molecule has 2 rings (SSSR count). The molecule has 18 heavy (non-hydrogen) atoms. The van der Waals surface area contributed by atoms with Gasteiger partial charge in [-0.3, -0.25) is 4.90 Å². The normalized spacial score (nSPS) is 32.4. The van der Waals surface area contributed by atoms with Crippen molar-refractivity contribution >= 4 is 12.2 Å². The smallest absolute Gasteiger partial charge is 0.407 e. The van der Waals surface area contributed by atoms with E-state index in [9.17, 15) is 24.9 Å². The van der Waals surface area contributed by atoms with E-state index in [0.29, 0.717) is 12.8 Å². The molecular weight excluding hydrogens is 240 g/mol. The molecule has 102 valence electrons. The van der Waals surface area contributed by atoms with Crippen molar-refractivity contribution in [1.82, 2.24) is 9.80 Å². The van der Waals surface area contributed by atoms with E-state index in [4.69, 9.17) is 0 Å². The van der Waals surface area contributed by atoms with E-state index in [1.807, 2.05) is 0 Å². The molecule has 2 aliphatic rings. The molecule has 2 bridgehead atoms. The van der Waals surface area contributed by atoms with Crippen molar-refractivity contribution in [3.63, 3.8) is 0 Å². The Kier molecular flexibility index (Phi) is 3.34. The van der Waals surface area contributed by atoms with Crippen LogP contribution in [0.15, 0.2) is 0 Å². The molecule has 0 aliphatic carbocycles. The van der Waals surface area contributed by atoms with Crippen molar-refractivity contribution in [2.45, 2.75) is 37.9 Å². The minimum atomic E-state index is -1.04. The van der Waals surface area contributed by atoms with E-state index in [1.54, 1.807) is 6.92 Å². The van der Waals surface area contributed by atoms with Gasteiger partial charge in [-0.25, -0.2) is 9.59 Å². The number of fused-ring (bicyclic) bond motifs is 2. The molecule has 7 nitrogen and oxygen atoms in total. The number of amides is 2. The molecule has 0 radical (unpaired) electrons. The summed E-state index contributed by atoms with van der Waals surface area (Å²) in [6.07, 6.45) is -0.685. The Morgan fingerprint density at radius 3 is 2.44 bits per heavy atom. The lowest BCUT2D eigenvalue weighted by atomic mass is 9.91. The molecule has 3 N–H and O–H groups in total. The van der Waals surface area contributed by atoms with Crippen molar-refractivity contribution in [2.24, 2.45) is 5.92 Å². The summed E-state index contributed by atoms with van der Waals surface area (Å²) in [4.78, 5) is 25.2. The summed E-state index contributed by atoms with van der Waals surface area (Å²) in [5.74, 6) is -0.271. The van der Waals surface area contributed by atoms with Gasteiger partial charge in [0.25, 0.3) is 0 Å². The topological polar surface area (TPSA) is 101 Å². The van der Waals surface area contributed by atoms with Gasteiger partial charge in [0.15, 0.2) is 0 Å². The van der Waals surface area contributed by atoms with Crippen LogP contribution in [-0.2, 0) is 0 Å². The van der Waals surface area contributed by atoms with Crippen molar-refractivity contribution in [2.75, 3.05) is 13.2 Å². The van der Waals surface area contributed by atoms with Crippen molar-refractivity contribution < 1.29 is 24.9 Å². The first-order valence-electron chi connectivity index (χ1n) is 6.09. The maximum atomic E-state index is 11.3. The fourth-order valence-corrected chi connectivity index (χ4v) is 3.28. The molecule has 2 amide bonds. The first kappa shape index (κ1) is 12.9. The third-order valence-electron chi connectivity index (χ3n) is 4.05. The molecular formula is C11H18N2O5. The largest absolute Gasteiger partial charge is 0.465 e. The first-order valence-corrected chi connectivity index (χ1v) is 6.09. The Bertz CT molecular complexity index is 361. The summed E-state index contributed by atoms with van der Waals surface area (Å²) < 4.78 is 0. The predicted molar refractivity (Wildman–Crippen MR) is 61.4 cm³/mol. The first-order chi connectivity index (χ1) is 8.47. The van der Waals surface area contributed by atoms with E-state index in [0.717, 1.165) is 0 Å². The number of rotatable bonds is 2. The predicted octanol–water partition coefficient (Wildman–Crippen LogP) is 0.488. The maximum absolute atomic E-state index is 11.3. The van der Waals surface area contributed by atoms with E-state index in [1.165, 1.54) is 9.80 Å². The Morgan fingerprint density at radius 2 is 1.94 bits per heavy atom. The molecule has 2 aliphatic heterocycles. The lowest BCUT2D eigenvalue weighted by Gasteiger charge is -2.46. The summed E-state index contributed by atoms with van der Waals surface area (Å²) in [7, 11) is 0. The number of aliphatic hydroxyl groups is 1. The summed E-state index contributed by atoms with van der Waals surface area (Å²) in [6, 6.07) is -1.03. The summed E-state index contributed by atoms with van der Waals surface area (Å²) in [5.41, 5.74) is 0. The van der Waals surface area contributed by atoms with Crippen molar-refractivity contribution in [1.29, 1.82) is 0 Å². The Morgan fingerprint density at radius 1 is 1.28 bits per heavy atom. The lowest BCUT2D eigenvalue weighted by molar-refractivity contribution is -0.00329. The van der Waals surface area contributed by atoms with Crippen LogP contribution in [0.25, 0.3) is 0 Å². The summed E-state index contributed by atoms with van der Waals surface area (Å²) in [6.45, 7) is 1.80. The second-order valence-electron chi connectivity index (χ2n) is 5.07. The second-order valence-corrected chi connectivity index (χ2v) is 5.07. The van der Waals surface area contributed by atoms with E-state index in [2.05, 4.69) is 0 Å². The van der Waals surface area contributed by atoms with Gasteiger partial charge in [0.2, 0.25) is 0 Å². The number of carbonyl (C=O) groups is 2. The zero-order valence-electron chi connectivity index (χ0n) is 10.2. The molecule has 4 atom stereocenters. The number of likely N-dealkylation sites (tertiary alicyclic amines) is 1. The molecule has 0 saturated carbocycles. The van der Waals surface area contributed by atoms with Gasteiger partial charge < -0.3 is 20.2 Å². The van der Waals surface area contributed by atoms with Crippen molar-refractivity contribution in [3.05, 3.63) is 0 Å². The van der Waals surface area contributed by atoms with E-state index >= 15 is 0 Å². The molecule has 0 aromatic rings. The van der Waals surface area contributed by atoms with Crippen LogP contribution in [0.1, 0.15) is 19.8 Å². The maximum Gasteiger partial charge on any atom is 0.407 e. The highest BCUT2D eigenvalue weighted by molar-refractivity contribution is 5.70. The van der Waals surface area contributed by atoms with Gasteiger partial charge in [0, 0.05) is 19.1 Å². The molecule has 0 aromatic heterocycles. The van der Waals surface area contributed by atoms with Crippen LogP contribution in [0.2, 0.25) is 0 Å². The molecule has 0 unspecified atom stereocenters. The molecule has 0 spiro atoms. The highest BCUT2D eigenvalue weighted by atomic mass is 16.4. The second kappa shape index (κ2) is 4.64. The monoisotopic (exact) mass is 258 g/mol. The van der Waals surface area contributed by atoms with Crippen LogP contribution < -0.4 is 0 Å². The number of hydrogen-bond acceptors (Lipinski definition) is 3. The average molecular weight is 258 g/mol. The number of piperazine rings is 1. The van der Waals surface area contributed by atoms with Gasteiger partial charge in [0.05, 0.1) is 18.1 Å². The average Bonchev–Trinajstić information content (AvgIpc) is 2.63. The van der Waals surface area contributed by atoms with Gasteiger partial charge in [-0.2, -0.15) is 0 Å². The third-order valence-corrected chi connectivity index (χ3v) is 4.05. The lowest BCUT2D eigenvalue weighted by Crippen LogP contribution is -2.64. The van der Waals surface area contributed by atoms with Crippen LogP contribution in [-0.4, -0.2) is 68.6 Å². The zero-order valence-corrected chi connectivity index (χ0v) is 10.2. The minimum absolute atomic E-state index is 0.150. The van der Waals surface area contributed by atoms with E-state index < -0.39 is 18.2 Å². The summed E-state index contributed by atoms with van der Waals surface area (Å²) >= 11 is 0. The van der Waals surface area contributed by atoms with Crippen LogP contribution in [0.5, 0.6) is 0 Å². The highest BCUT2D eigenvalue weighted by Crippen LogP contribution is 2.37. The van der Waals surface area contributed by atoms with Gasteiger partial charge in [-0.15, -0.1) is 0 Å². The number of carboxylic acid groups (broad SMARTS) is 2. The Labute approximate surface area is 105 Å². The van der Waals surface area contributed by atoms with Crippen LogP contribution in [0.3, 0.4) is 0 Å². The van der Waals surface area contributed by atoms with Crippen LogP contribution in [0.4, 0.5) is 9.59 Å². The Balaban J connectivity index is 2.30. The third kappa shape index (κ3) is 1.88. The molecule has 2 heterocycles. The SMILES string of the molecule is C[C@@H](CO)[C@H]1[C@@H]2CC[C@H](CN1C(=O)O)N2C(=O)O.